The van der Waals surface area contributed by atoms with Crippen LogP contribution in [0.5, 0.6) is 5.75 Å². The van der Waals surface area contributed by atoms with Crippen molar-refractivity contribution in [3.63, 3.8) is 0 Å². The van der Waals surface area contributed by atoms with Gasteiger partial charge in [-0.25, -0.2) is 0 Å². The summed E-state index contributed by atoms with van der Waals surface area (Å²) in [4.78, 5) is 0. The van der Waals surface area contributed by atoms with Gasteiger partial charge in [-0.15, -0.1) is 0 Å². The maximum Gasteiger partial charge on any atom is 0.306 e. The van der Waals surface area contributed by atoms with Crippen LogP contribution in [0.1, 0.15) is 11.1 Å². The number of halogens is 2. The van der Waals surface area contributed by atoms with Crippen LogP contribution in [-0.4, -0.2) is 6.61 Å². The average Bonchev–Trinajstić information content (AvgIpc) is 2.39. The first-order valence-corrected chi connectivity index (χ1v) is 5.71. The molecule has 0 N–H and O–H groups in total. The van der Waals surface area contributed by atoms with E-state index in [0.717, 1.165) is 5.56 Å². The molecular weight excluding hydrogens is 234 g/mol. The molecule has 94 valence electrons. The van der Waals surface area contributed by atoms with Crippen molar-refractivity contribution in [1.82, 2.24) is 0 Å². The zero-order chi connectivity index (χ0) is 13.0. The Labute approximate surface area is 105 Å². The Morgan fingerprint density at radius 2 is 1.56 bits per heavy atom. The van der Waals surface area contributed by atoms with Gasteiger partial charge in [0.25, 0.3) is 0 Å². The monoisotopic (exact) mass is 248 g/mol. The molecule has 0 radical (unpaired) electrons. The third-order valence-corrected chi connectivity index (χ3v) is 2.70. The van der Waals surface area contributed by atoms with Gasteiger partial charge in [0.05, 0.1) is 0 Å². The predicted octanol–water partition coefficient (Wildman–Crippen LogP) is 4.17. The van der Waals surface area contributed by atoms with Crippen molar-refractivity contribution >= 4 is 0 Å². The first-order valence-electron chi connectivity index (χ1n) is 5.71. The molecule has 0 saturated carbocycles. The van der Waals surface area contributed by atoms with Crippen molar-refractivity contribution in [3.05, 3.63) is 65.7 Å². The van der Waals surface area contributed by atoms with E-state index in [2.05, 4.69) is 0 Å². The van der Waals surface area contributed by atoms with Crippen LogP contribution < -0.4 is 4.74 Å². The van der Waals surface area contributed by atoms with Gasteiger partial charge in [0.15, 0.2) is 6.61 Å². The smallest absolute Gasteiger partial charge is 0.306 e. The molecule has 0 heterocycles. The summed E-state index contributed by atoms with van der Waals surface area (Å²) in [6, 6.07) is 14.8. The third-order valence-electron chi connectivity index (χ3n) is 2.70. The Morgan fingerprint density at radius 3 is 2.22 bits per heavy atom. The van der Waals surface area contributed by atoms with Crippen molar-refractivity contribution in [3.8, 4) is 5.75 Å². The van der Waals surface area contributed by atoms with Gasteiger partial charge in [0.1, 0.15) is 5.75 Å². The van der Waals surface area contributed by atoms with Gasteiger partial charge in [-0.2, -0.15) is 8.78 Å². The summed E-state index contributed by atoms with van der Waals surface area (Å²) in [5.41, 5.74) is 0.819. The molecule has 0 aliphatic heterocycles. The lowest BCUT2D eigenvalue weighted by atomic mass is 10.1. The van der Waals surface area contributed by atoms with E-state index in [1.807, 2.05) is 19.1 Å². The van der Waals surface area contributed by atoms with Crippen LogP contribution in [0, 0.1) is 6.92 Å². The number of ether oxygens (including phenoxy) is 1. The lowest BCUT2D eigenvalue weighted by Crippen LogP contribution is -2.23. The first kappa shape index (κ1) is 12.6. The zero-order valence-electron chi connectivity index (χ0n) is 10.1. The number of hydrogen-bond donors (Lipinski definition) is 0. The fraction of sp³-hybridized carbons (Fsp3) is 0.200. The molecule has 3 heteroatoms. The van der Waals surface area contributed by atoms with Crippen LogP contribution in [0.15, 0.2) is 54.6 Å². The largest absolute Gasteiger partial charge is 0.487 e. The van der Waals surface area contributed by atoms with Gasteiger partial charge in [0, 0.05) is 5.56 Å². The van der Waals surface area contributed by atoms with Crippen molar-refractivity contribution in [1.29, 1.82) is 0 Å². The summed E-state index contributed by atoms with van der Waals surface area (Å²) in [5.74, 6) is -2.49. The van der Waals surface area contributed by atoms with Gasteiger partial charge < -0.3 is 4.74 Å². The Kier molecular flexibility index (Phi) is 3.60. The van der Waals surface area contributed by atoms with Gasteiger partial charge in [-0.1, -0.05) is 48.5 Å². The summed E-state index contributed by atoms with van der Waals surface area (Å²) >= 11 is 0. The fourth-order valence-electron chi connectivity index (χ4n) is 1.65. The van der Waals surface area contributed by atoms with Crippen LogP contribution >= 0.6 is 0 Å². The lowest BCUT2D eigenvalue weighted by molar-refractivity contribution is -0.0468. The van der Waals surface area contributed by atoms with Crippen molar-refractivity contribution in [2.45, 2.75) is 12.8 Å². The molecule has 2 rings (SSSR count). The van der Waals surface area contributed by atoms with E-state index in [0.29, 0.717) is 5.75 Å². The second kappa shape index (κ2) is 5.17. The summed E-state index contributed by atoms with van der Waals surface area (Å²) < 4.78 is 32.9. The molecule has 0 aliphatic rings. The topological polar surface area (TPSA) is 9.23 Å². The molecule has 0 spiro atoms. The number of aryl methyl sites for hydroxylation is 1. The lowest BCUT2D eigenvalue weighted by Gasteiger charge is -2.18. The summed E-state index contributed by atoms with van der Waals surface area (Å²) in [6.07, 6.45) is 0. The van der Waals surface area contributed by atoms with Crippen molar-refractivity contribution < 1.29 is 13.5 Å². The molecule has 1 nitrogen and oxygen atoms in total. The Balaban J connectivity index is 2.08. The number of hydrogen-bond acceptors (Lipinski definition) is 1. The van der Waals surface area contributed by atoms with Gasteiger partial charge >= 0.3 is 5.92 Å². The minimum atomic E-state index is -2.98. The summed E-state index contributed by atoms with van der Waals surface area (Å²) in [7, 11) is 0. The molecule has 0 fully saturated rings. The normalized spacial score (nSPS) is 11.3. The zero-order valence-corrected chi connectivity index (χ0v) is 10.1. The highest BCUT2D eigenvalue weighted by Gasteiger charge is 2.32. The molecule has 2 aromatic rings. The van der Waals surface area contributed by atoms with Gasteiger partial charge in [0.2, 0.25) is 0 Å². The highest BCUT2D eigenvalue weighted by Crippen LogP contribution is 2.29. The van der Waals surface area contributed by atoms with Crippen molar-refractivity contribution in [2.75, 3.05) is 6.61 Å². The summed E-state index contributed by atoms with van der Waals surface area (Å²) in [5, 5.41) is 0. The van der Waals surface area contributed by atoms with Gasteiger partial charge in [-0.3, -0.25) is 0 Å². The maximum atomic E-state index is 13.8. The highest BCUT2D eigenvalue weighted by molar-refractivity contribution is 5.32. The number of benzene rings is 2. The minimum Gasteiger partial charge on any atom is -0.487 e. The molecule has 2 aromatic carbocycles. The van der Waals surface area contributed by atoms with E-state index in [1.54, 1.807) is 30.3 Å². The van der Waals surface area contributed by atoms with Crippen LogP contribution in [0.4, 0.5) is 8.78 Å². The van der Waals surface area contributed by atoms with E-state index in [1.165, 1.54) is 12.1 Å². The molecule has 0 bridgehead atoms. The quantitative estimate of drug-likeness (QED) is 0.789. The SMILES string of the molecule is Cc1ccccc1OCC(F)(F)c1ccccc1. The third kappa shape index (κ3) is 2.86. The van der Waals surface area contributed by atoms with E-state index >= 15 is 0 Å². The maximum absolute atomic E-state index is 13.8. The molecule has 0 amide bonds. The molecule has 0 atom stereocenters. The standard InChI is InChI=1S/C15H14F2O/c1-12-7-5-6-10-14(12)18-11-15(16,17)13-8-3-2-4-9-13/h2-10H,11H2,1H3. The highest BCUT2D eigenvalue weighted by atomic mass is 19.3. The minimum absolute atomic E-state index is 0.0291. The van der Waals surface area contributed by atoms with Crippen LogP contribution in [-0.2, 0) is 5.92 Å². The predicted molar refractivity (Wildman–Crippen MR) is 67.0 cm³/mol. The van der Waals surface area contributed by atoms with E-state index in [9.17, 15) is 8.78 Å². The average molecular weight is 248 g/mol. The Hall–Kier alpha value is -1.90. The van der Waals surface area contributed by atoms with Crippen molar-refractivity contribution in [2.24, 2.45) is 0 Å². The second-order valence-corrected chi connectivity index (χ2v) is 4.12. The Morgan fingerprint density at radius 1 is 0.944 bits per heavy atom. The van der Waals surface area contributed by atoms with E-state index < -0.39 is 12.5 Å². The van der Waals surface area contributed by atoms with Crippen LogP contribution in [0.3, 0.4) is 0 Å². The molecule has 0 aromatic heterocycles. The number of para-hydroxylation sites is 1. The summed E-state index contributed by atoms with van der Waals surface area (Å²) in [6.45, 7) is 1.18. The van der Waals surface area contributed by atoms with E-state index in [4.69, 9.17) is 4.74 Å². The first-order chi connectivity index (χ1) is 8.59. The van der Waals surface area contributed by atoms with Gasteiger partial charge in [-0.05, 0) is 18.6 Å². The molecular formula is C15H14F2O. The molecule has 0 unspecified atom stereocenters. The van der Waals surface area contributed by atoms with Crippen LogP contribution in [0.25, 0.3) is 0 Å². The fourth-order valence-corrected chi connectivity index (χ4v) is 1.65. The molecule has 0 saturated heterocycles. The number of rotatable bonds is 4. The van der Waals surface area contributed by atoms with E-state index in [-0.39, 0.29) is 5.56 Å². The molecule has 0 aliphatic carbocycles. The molecule has 18 heavy (non-hydrogen) atoms. The Bertz CT molecular complexity index is 509. The van der Waals surface area contributed by atoms with Crippen LogP contribution in [0.2, 0.25) is 0 Å². The number of alkyl halides is 2. The second-order valence-electron chi connectivity index (χ2n) is 4.12.